The van der Waals surface area contributed by atoms with Crippen LogP contribution in [0.25, 0.3) is 11.0 Å². The number of amides is 4. The maximum absolute atomic E-state index is 13.5. The number of likely N-dealkylation sites (tertiary alicyclic amines) is 1. The number of carbonyl (C=O) groups excluding carboxylic acids is 4. The molecule has 3 aliphatic rings. The van der Waals surface area contributed by atoms with Gasteiger partial charge in [-0.15, -0.1) is 0 Å². The number of nitrogens with one attached hydrogen (secondary N) is 2. The Labute approximate surface area is 248 Å². The number of benzene rings is 2. The zero-order valence-corrected chi connectivity index (χ0v) is 24.2. The summed E-state index contributed by atoms with van der Waals surface area (Å²) in [4.78, 5) is 55.8. The first-order valence-corrected chi connectivity index (χ1v) is 14.6. The van der Waals surface area contributed by atoms with Gasteiger partial charge in [-0.25, -0.2) is 23.9 Å². The first-order chi connectivity index (χ1) is 20.8. The molecule has 2 aliphatic heterocycles. The van der Waals surface area contributed by atoms with Crippen LogP contribution in [0.5, 0.6) is 0 Å². The third-order valence-electron chi connectivity index (χ3n) is 8.99. The number of piperidine rings is 1. The lowest BCUT2D eigenvalue weighted by atomic mass is 9.64. The van der Waals surface area contributed by atoms with Crippen LogP contribution < -0.4 is 10.6 Å². The molecule has 1 aliphatic carbocycles. The van der Waals surface area contributed by atoms with Crippen LogP contribution >= 0.6 is 0 Å². The molecule has 1 fully saturated rings. The van der Waals surface area contributed by atoms with E-state index in [4.69, 9.17) is 9.37 Å². The fourth-order valence-corrected chi connectivity index (χ4v) is 6.74. The predicted octanol–water partition coefficient (Wildman–Crippen LogP) is 3.38. The number of hydrogen-bond donors (Lipinski definition) is 2. The van der Waals surface area contributed by atoms with E-state index in [1.165, 1.54) is 18.2 Å². The van der Waals surface area contributed by atoms with Gasteiger partial charge in [0.05, 0.1) is 18.1 Å². The largest absolute Gasteiger partial charge is 0.466 e. The van der Waals surface area contributed by atoms with E-state index in [1.54, 1.807) is 25.1 Å². The lowest BCUT2D eigenvalue weighted by Gasteiger charge is -2.44. The van der Waals surface area contributed by atoms with Crippen LogP contribution in [0.1, 0.15) is 55.3 Å². The van der Waals surface area contributed by atoms with E-state index in [1.807, 2.05) is 12.1 Å². The maximum Gasteiger partial charge on any atom is 0.337 e. The van der Waals surface area contributed by atoms with E-state index in [0.29, 0.717) is 47.5 Å². The van der Waals surface area contributed by atoms with Gasteiger partial charge in [-0.2, -0.15) is 0 Å². The smallest absolute Gasteiger partial charge is 0.337 e. The normalized spacial score (nSPS) is 20.2. The van der Waals surface area contributed by atoms with Crippen LogP contribution in [0.4, 0.5) is 9.59 Å². The molecule has 43 heavy (non-hydrogen) atoms. The minimum atomic E-state index is -1.04. The van der Waals surface area contributed by atoms with Crippen molar-refractivity contribution in [2.45, 2.75) is 50.5 Å². The molecule has 1 atom stereocenters. The van der Waals surface area contributed by atoms with Crippen LogP contribution in [-0.4, -0.2) is 77.2 Å². The fraction of sp³-hybridized carbons (Fsp3) is 0.419. The Kier molecular flexibility index (Phi) is 7.70. The summed E-state index contributed by atoms with van der Waals surface area (Å²) in [5.74, 6) is -0.317. The second-order valence-corrected chi connectivity index (χ2v) is 11.3. The molecular weight excluding hydrogens is 552 g/mol. The van der Waals surface area contributed by atoms with Gasteiger partial charge >= 0.3 is 18.0 Å². The number of imide groups is 1. The SMILES string of the molecule is COC(=O)C1=C(C)NC(=O)N(C(=O)NCCCN2CCC3(CC2)C(=O)CCc2ccccc23)C1c1ccc2nonc2c1. The minimum absolute atomic E-state index is 0.133. The molecule has 2 aromatic carbocycles. The molecule has 6 rings (SSSR count). The Morgan fingerprint density at radius 2 is 1.86 bits per heavy atom. The number of allylic oxidation sites excluding steroid dienone is 1. The molecule has 12 heteroatoms. The van der Waals surface area contributed by atoms with Crippen molar-refractivity contribution in [3.05, 3.63) is 70.4 Å². The lowest BCUT2D eigenvalue weighted by molar-refractivity contribution is -0.137. The number of rotatable bonds is 6. The number of aryl methyl sites for hydroxylation is 1. The van der Waals surface area contributed by atoms with Gasteiger partial charge in [0, 0.05) is 18.7 Å². The van der Waals surface area contributed by atoms with Crippen LogP contribution in [0.2, 0.25) is 0 Å². The zero-order chi connectivity index (χ0) is 30.1. The number of methoxy groups -OCH3 is 1. The molecule has 3 aromatic rings. The molecule has 0 saturated carbocycles. The second-order valence-electron chi connectivity index (χ2n) is 11.3. The van der Waals surface area contributed by atoms with E-state index < -0.39 is 24.1 Å². The number of hydrogen-bond acceptors (Lipinski definition) is 9. The summed E-state index contributed by atoms with van der Waals surface area (Å²) < 4.78 is 9.79. The van der Waals surface area contributed by atoms with Gasteiger partial charge in [0.25, 0.3) is 0 Å². The topological polar surface area (TPSA) is 147 Å². The van der Waals surface area contributed by atoms with Crippen LogP contribution in [0.15, 0.2) is 58.4 Å². The summed E-state index contributed by atoms with van der Waals surface area (Å²) in [6.07, 6.45) is 3.65. The zero-order valence-electron chi connectivity index (χ0n) is 24.2. The van der Waals surface area contributed by atoms with Crippen molar-refractivity contribution in [2.75, 3.05) is 33.3 Å². The molecule has 12 nitrogen and oxygen atoms in total. The third kappa shape index (κ3) is 5.16. The van der Waals surface area contributed by atoms with Crippen molar-refractivity contribution >= 4 is 34.8 Å². The summed E-state index contributed by atoms with van der Waals surface area (Å²) in [5, 5.41) is 13.1. The Morgan fingerprint density at radius 3 is 2.65 bits per heavy atom. The van der Waals surface area contributed by atoms with Gasteiger partial charge in [-0.05, 0) is 91.4 Å². The number of urea groups is 2. The molecule has 224 valence electrons. The number of ether oxygens (including phenoxy) is 1. The lowest BCUT2D eigenvalue weighted by Crippen LogP contribution is -2.54. The number of nitrogens with zero attached hydrogens (tertiary/aromatic N) is 4. The van der Waals surface area contributed by atoms with Gasteiger partial charge < -0.3 is 20.3 Å². The molecule has 2 N–H and O–H groups in total. The summed E-state index contributed by atoms with van der Waals surface area (Å²) >= 11 is 0. The van der Waals surface area contributed by atoms with Crippen molar-refractivity contribution in [1.29, 1.82) is 0 Å². The third-order valence-corrected chi connectivity index (χ3v) is 8.99. The molecule has 1 aromatic heterocycles. The highest BCUT2D eigenvalue weighted by molar-refractivity contribution is 6.01. The molecular formula is C31H34N6O6. The van der Waals surface area contributed by atoms with E-state index in [-0.39, 0.29) is 11.0 Å². The Balaban J connectivity index is 1.11. The van der Waals surface area contributed by atoms with Gasteiger partial charge in [0.15, 0.2) is 0 Å². The molecule has 0 bridgehead atoms. The minimum Gasteiger partial charge on any atom is -0.466 e. The quantitative estimate of drug-likeness (QED) is 0.328. The molecule has 1 spiro atoms. The van der Waals surface area contributed by atoms with E-state index in [2.05, 4.69) is 38.0 Å². The number of carbonyl (C=O) groups is 4. The van der Waals surface area contributed by atoms with Gasteiger partial charge in [0.1, 0.15) is 22.9 Å². The molecule has 0 radical (unpaired) electrons. The number of Topliss-reactive ketones (excluding diaryl/α,β-unsaturated/α-hetero) is 1. The van der Waals surface area contributed by atoms with Crippen LogP contribution in [0, 0.1) is 0 Å². The summed E-state index contributed by atoms with van der Waals surface area (Å²) in [5.41, 5.74) is 3.94. The van der Waals surface area contributed by atoms with Gasteiger partial charge in [0.2, 0.25) is 0 Å². The molecule has 1 saturated heterocycles. The fourth-order valence-electron chi connectivity index (χ4n) is 6.74. The summed E-state index contributed by atoms with van der Waals surface area (Å²) in [6.45, 7) is 4.25. The number of aromatic nitrogens is 2. The highest BCUT2D eigenvalue weighted by Gasteiger charge is 2.45. The Hall–Kier alpha value is -4.58. The number of esters is 1. The summed E-state index contributed by atoms with van der Waals surface area (Å²) in [7, 11) is 1.25. The van der Waals surface area contributed by atoms with E-state index >= 15 is 0 Å². The van der Waals surface area contributed by atoms with Crippen molar-refractivity contribution in [1.82, 2.24) is 30.7 Å². The molecule has 4 amide bonds. The molecule has 1 unspecified atom stereocenters. The molecule has 3 heterocycles. The predicted molar refractivity (Wildman–Crippen MR) is 155 cm³/mol. The second kappa shape index (κ2) is 11.6. The van der Waals surface area contributed by atoms with E-state index in [9.17, 15) is 19.2 Å². The first kappa shape index (κ1) is 28.5. The van der Waals surface area contributed by atoms with Gasteiger partial charge in [-0.3, -0.25) is 4.79 Å². The monoisotopic (exact) mass is 586 g/mol. The Bertz CT molecular complexity index is 1620. The van der Waals surface area contributed by atoms with Crippen molar-refractivity contribution in [3.8, 4) is 0 Å². The number of fused-ring (bicyclic) bond motifs is 3. The Morgan fingerprint density at radius 1 is 1.09 bits per heavy atom. The standard InChI is InChI=1S/C31H34N6O6/c1-19-26(28(39)42-2)27(21-8-10-23-24(18-21)35-43-34-23)37(30(41)33-19)29(40)32-14-5-15-36-16-12-31(13-17-36)22-7-4-3-6-20(22)9-11-25(31)38/h3-4,6-8,10,18,27H,5,9,11-17H2,1-2H3,(H,32,40)(H,33,41). The highest BCUT2D eigenvalue weighted by Crippen LogP contribution is 2.42. The van der Waals surface area contributed by atoms with E-state index in [0.717, 1.165) is 43.8 Å². The highest BCUT2D eigenvalue weighted by atomic mass is 16.6. The van der Waals surface area contributed by atoms with Crippen LogP contribution in [-0.2, 0) is 26.2 Å². The van der Waals surface area contributed by atoms with Crippen molar-refractivity contribution < 1.29 is 28.5 Å². The van der Waals surface area contributed by atoms with Crippen molar-refractivity contribution in [3.63, 3.8) is 0 Å². The summed E-state index contributed by atoms with van der Waals surface area (Å²) in [6, 6.07) is 10.9. The average Bonchev–Trinajstić information content (AvgIpc) is 3.49. The maximum atomic E-state index is 13.5. The van der Waals surface area contributed by atoms with Crippen molar-refractivity contribution in [2.24, 2.45) is 0 Å². The van der Waals surface area contributed by atoms with Gasteiger partial charge in [-0.1, -0.05) is 30.3 Å². The first-order valence-electron chi connectivity index (χ1n) is 14.6. The van der Waals surface area contributed by atoms with Crippen LogP contribution in [0.3, 0.4) is 0 Å². The number of ketones is 1. The average molecular weight is 587 g/mol.